The van der Waals surface area contributed by atoms with Gasteiger partial charge in [0.2, 0.25) is 5.28 Å². The lowest BCUT2D eigenvalue weighted by atomic mass is 9.99. The van der Waals surface area contributed by atoms with E-state index in [1.165, 1.54) is 17.1 Å². The molecule has 4 rings (SSSR count). The highest BCUT2D eigenvalue weighted by atomic mass is 32.2. The molecule has 2 aromatic carbocycles. The number of aryl methyl sites for hydroxylation is 1. The van der Waals surface area contributed by atoms with Crippen molar-refractivity contribution in [2.24, 2.45) is 11.2 Å². The fourth-order valence-corrected chi connectivity index (χ4v) is 5.43. The zero-order valence-electron chi connectivity index (χ0n) is 27.0. The minimum atomic E-state index is -4.71. The number of hydrogen-bond acceptors (Lipinski definition) is 11. The monoisotopic (exact) mass is 712 g/mol. The molecular formula is C30H35F3N6O9S. The van der Waals surface area contributed by atoms with E-state index in [-0.39, 0.29) is 46.9 Å². The second-order valence-corrected chi connectivity index (χ2v) is 13.7. The largest absolute Gasteiger partial charge is 0.569 e. The molecule has 1 aromatic heterocycles. The first-order valence-electron chi connectivity index (χ1n) is 14.9. The maximum absolute atomic E-state index is 13.5. The normalized spacial score (nSPS) is 14.7. The fourth-order valence-electron chi connectivity index (χ4n) is 4.54. The van der Waals surface area contributed by atoms with Crippen molar-refractivity contribution in [3.63, 3.8) is 0 Å². The Morgan fingerprint density at radius 3 is 2.27 bits per heavy atom. The van der Waals surface area contributed by atoms with Crippen LogP contribution in [0.1, 0.15) is 44.9 Å². The average molecular weight is 713 g/mol. The molecule has 3 aromatic rings. The maximum Gasteiger partial charge on any atom is 0.511 e. The fraction of sp³-hybridized carbons (Fsp3) is 0.433. The van der Waals surface area contributed by atoms with Gasteiger partial charge in [-0.3, -0.25) is 0 Å². The number of ether oxygens (including phenoxy) is 3. The minimum absolute atomic E-state index is 0.132. The summed E-state index contributed by atoms with van der Waals surface area (Å²) in [6.45, 7) is 6.46. The van der Waals surface area contributed by atoms with Gasteiger partial charge in [-0.15, -0.1) is 5.01 Å². The highest BCUT2D eigenvalue weighted by Gasteiger charge is 2.35. The van der Waals surface area contributed by atoms with Crippen LogP contribution < -0.4 is 4.72 Å². The SMILES string of the molecule is Cc1ccc(-c2cc(C(F)(F)F)nn2-c2ccc(S(=O)(=O)NC(=O)OCC3CCN(/[N+]([O-])=N\OCOC(=O)OC(C)(C)C)CC3)cc2)cc1. The summed E-state index contributed by atoms with van der Waals surface area (Å²) in [6.07, 6.45) is -6.12. The van der Waals surface area contributed by atoms with Gasteiger partial charge < -0.3 is 24.3 Å². The first-order chi connectivity index (χ1) is 22.9. The van der Waals surface area contributed by atoms with Crippen molar-refractivity contribution in [2.45, 2.75) is 57.2 Å². The van der Waals surface area contributed by atoms with Crippen molar-refractivity contribution in [2.75, 3.05) is 26.5 Å². The Balaban J connectivity index is 1.28. The van der Waals surface area contributed by atoms with Crippen LogP contribution in [-0.4, -0.2) is 72.5 Å². The summed E-state index contributed by atoms with van der Waals surface area (Å²) in [5, 5.41) is 20.4. The predicted octanol–water partition coefficient (Wildman–Crippen LogP) is 5.71. The van der Waals surface area contributed by atoms with Gasteiger partial charge >= 0.3 is 18.4 Å². The third-order valence-corrected chi connectivity index (χ3v) is 8.31. The molecule has 1 fully saturated rings. The number of piperidine rings is 1. The van der Waals surface area contributed by atoms with Gasteiger partial charge in [0, 0.05) is 5.56 Å². The third kappa shape index (κ3) is 10.5. The number of rotatable bonds is 10. The molecule has 0 aliphatic carbocycles. The molecule has 0 saturated carbocycles. The first kappa shape index (κ1) is 36.8. The number of hydrogen-bond donors (Lipinski definition) is 1. The van der Waals surface area contributed by atoms with Gasteiger partial charge in [0.05, 0.1) is 40.9 Å². The Bertz CT molecular complexity index is 1750. The number of alkyl halides is 3. The van der Waals surface area contributed by atoms with Crippen molar-refractivity contribution >= 4 is 22.3 Å². The Morgan fingerprint density at radius 2 is 1.67 bits per heavy atom. The van der Waals surface area contributed by atoms with Gasteiger partial charge in [-0.2, -0.15) is 18.3 Å². The molecule has 0 bridgehead atoms. The number of aromatic nitrogens is 2. The molecule has 1 amide bonds. The zero-order chi connectivity index (χ0) is 36.0. The molecule has 1 saturated heterocycles. The first-order valence-corrected chi connectivity index (χ1v) is 16.3. The molecule has 0 radical (unpaired) electrons. The van der Waals surface area contributed by atoms with Crippen LogP contribution in [0.15, 0.2) is 64.8 Å². The van der Waals surface area contributed by atoms with E-state index >= 15 is 0 Å². The number of sulfonamides is 1. The number of carbonyl (C=O) groups is 2. The number of hydrazine groups is 1. The molecule has 0 spiro atoms. The molecule has 2 heterocycles. The molecule has 1 aliphatic rings. The number of carbonyl (C=O) groups excluding carboxylic acids is 2. The molecule has 0 unspecified atom stereocenters. The predicted molar refractivity (Wildman–Crippen MR) is 164 cm³/mol. The molecule has 0 atom stereocenters. The van der Waals surface area contributed by atoms with Crippen molar-refractivity contribution in [1.82, 2.24) is 19.5 Å². The van der Waals surface area contributed by atoms with E-state index in [0.29, 0.717) is 18.4 Å². The Hall–Kier alpha value is -5.07. The van der Waals surface area contributed by atoms with E-state index in [1.807, 2.05) is 11.6 Å². The second kappa shape index (κ2) is 15.0. The summed E-state index contributed by atoms with van der Waals surface area (Å²) in [4.78, 5) is 28.4. The number of halogens is 3. The standard InChI is InChI=1S/C30H35F3N6O9S/c1-20-5-7-22(8-6-20)25-17-26(30(31,32)33)34-38(25)23-9-11-24(12-10-23)49(43,44)35-27(40)45-18-21-13-15-37(16-14-21)39(42)36-47-19-46-28(41)48-29(2,3)4/h5-12,17,21H,13-16,18-19H2,1-4H3,(H,35,40)/b39-36+. The zero-order valence-corrected chi connectivity index (χ0v) is 27.8. The van der Waals surface area contributed by atoms with E-state index in [9.17, 15) is 36.4 Å². The molecule has 15 nitrogen and oxygen atoms in total. The third-order valence-electron chi connectivity index (χ3n) is 6.99. The minimum Gasteiger partial charge on any atom is -0.569 e. The molecule has 19 heteroatoms. The number of benzene rings is 2. The topological polar surface area (TPSA) is 177 Å². The van der Waals surface area contributed by atoms with Crippen LogP contribution in [0.5, 0.6) is 0 Å². The van der Waals surface area contributed by atoms with Gasteiger partial charge in [0.25, 0.3) is 16.8 Å². The van der Waals surface area contributed by atoms with Crippen molar-refractivity contribution in [3.8, 4) is 16.9 Å². The van der Waals surface area contributed by atoms with E-state index in [4.69, 9.17) is 9.47 Å². The highest BCUT2D eigenvalue weighted by molar-refractivity contribution is 7.90. The number of amides is 1. The molecule has 1 N–H and O–H groups in total. The lowest BCUT2D eigenvalue weighted by Crippen LogP contribution is -2.40. The summed E-state index contributed by atoms with van der Waals surface area (Å²) in [5.41, 5.74) is -0.202. The van der Waals surface area contributed by atoms with Crippen molar-refractivity contribution < 1.29 is 55.2 Å². The molecule has 49 heavy (non-hydrogen) atoms. The smallest absolute Gasteiger partial charge is 0.511 e. The van der Waals surface area contributed by atoms with Crippen LogP contribution >= 0.6 is 0 Å². The summed E-state index contributed by atoms with van der Waals surface area (Å²) < 4.78 is 83.7. The molecular weight excluding hydrogens is 677 g/mol. The van der Waals surface area contributed by atoms with E-state index in [0.717, 1.165) is 28.4 Å². The van der Waals surface area contributed by atoms with Gasteiger partial charge in [-0.05, 0) is 76.8 Å². The number of nitrogens with one attached hydrogen (secondary N) is 1. The molecule has 1 aliphatic heterocycles. The van der Waals surface area contributed by atoms with Gasteiger partial charge in [-0.25, -0.2) is 27.4 Å². The average Bonchev–Trinajstić information content (AvgIpc) is 3.48. The summed E-state index contributed by atoms with van der Waals surface area (Å²) in [5.74, 6) is -0.188. The van der Waals surface area contributed by atoms with Crippen LogP contribution in [-0.2, 0) is 35.2 Å². The summed E-state index contributed by atoms with van der Waals surface area (Å²) in [7, 11) is -4.40. The summed E-state index contributed by atoms with van der Waals surface area (Å²) >= 11 is 0. The van der Waals surface area contributed by atoms with Crippen LogP contribution in [0.3, 0.4) is 0 Å². The van der Waals surface area contributed by atoms with Gasteiger partial charge in [0.1, 0.15) is 5.60 Å². The second-order valence-electron chi connectivity index (χ2n) is 12.0. The van der Waals surface area contributed by atoms with Crippen molar-refractivity contribution in [1.29, 1.82) is 0 Å². The molecule has 266 valence electrons. The van der Waals surface area contributed by atoms with Crippen LogP contribution in [0.25, 0.3) is 16.9 Å². The van der Waals surface area contributed by atoms with Gasteiger partial charge in [0.15, 0.2) is 5.69 Å². The Kier molecular flexibility index (Phi) is 11.3. The van der Waals surface area contributed by atoms with Crippen molar-refractivity contribution in [3.05, 3.63) is 71.1 Å². The Morgan fingerprint density at radius 1 is 1.04 bits per heavy atom. The lowest BCUT2D eigenvalue weighted by molar-refractivity contribution is -0.714. The Labute approximate surface area is 279 Å². The number of nitrogens with zero attached hydrogens (tertiary/aromatic N) is 5. The van der Waals surface area contributed by atoms with Gasteiger partial charge in [-0.1, -0.05) is 29.8 Å². The lowest BCUT2D eigenvalue weighted by Gasteiger charge is -2.27. The van der Waals surface area contributed by atoms with E-state index < -0.39 is 46.5 Å². The van der Waals surface area contributed by atoms with Crippen LogP contribution in [0.4, 0.5) is 22.8 Å². The summed E-state index contributed by atoms with van der Waals surface area (Å²) in [6, 6.07) is 12.5. The maximum atomic E-state index is 13.5. The van der Waals surface area contributed by atoms with E-state index in [1.54, 1.807) is 45.0 Å². The highest BCUT2D eigenvalue weighted by Crippen LogP contribution is 2.33. The quantitative estimate of drug-likeness (QED) is 0.0680. The van der Waals surface area contributed by atoms with Crippen LogP contribution in [0.2, 0.25) is 0 Å². The van der Waals surface area contributed by atoms with Crippen LogP contribution in [0, 0.1) is 18.0 Å². The van der Waals surface area contributed by atoms with E-state index in [2.05, 4.69) is 20.0 Å².